The average molecular weight is 394 g/mol. The first kappa shape index (κ1) is 20.1. The summed E-state index contributed by atoms with van der Waals surface area (Å²) in [4.78, 5) is 18.5. The summed E-state index contributed by atoms with van der Waals surface area (Å²) < 4.78 is 43.2. The summed E-state index contributed by atoms with van der Waals surface area (Å²) in [6.45, 7) is 4.36. The highest BCUT2D eigenvalue weighted by Crippen LogP contribution is 2.30. The van der Waals surface area contributed by atoms with E-state index in [1.165, 1.54) is 24.5 Å². The second-order valence-corrected chi connectivity index (χ2v) is 6.37. The summed E-state index contributed by atoms with van der Waals surface area (Å²) in [5, 5.41) is 5.80. The van der Waals surface area contributed by atoms with Gasteiger partial charge in [0.25, 0.3) is 5.91 Å². The zero-order valence-electron chi connectivity index (χ0n) is 15.1. The monoisotopic (exact) mass is 394 g/mol. The number of amides is 1. The van der Waals surface area contributed by atoms with Gasteiger partial charge in [-0.25, -0.2) is 0 Å². The van der Waals surface area contributed by atoms with Gasteiger partial charge in [0.2, 0.25) is 0 Å². The number of benzene rings is 1. The number of nitrogens with zero attached hydrogens (tertiary/aromatic N) is 2. The molecule has 9 heteroatoms. The summed E-state index contributed by atoms with van der Waals surface area (Å²) in [6.07, 6.45) is -1.43. The fourth-order valence-electron chi connectivity index (χ4n) is 2.80. The smallest absolute Gasteiger partial charge is 0.379 e. The maximum Gasteiger partial charge on any atom is 0.416 e. The van der Waals surface area contributed by atoms with E-state index in [0.29, 0.717) is 36.7 Å². The molecule has 1 amide bonds. The number of pyridine rings is 1. The Bertz CT molecular complexity index is 791. The summed E-state index contributed by atoms with van der Waals surface area (Å²) >= 11 is 0. The Kier molecular flexibility index (Phi) is 6.48. The molecule has 0 spiro atoms. The molecule has 1 aromatic heterocycles. The first-order chi connectivity index (χ1) is 13.4. The lowest BCUT2D eigenvalue weighted by molar-refractivity contribution is -0.137. The fraction of sp³-hybridized carbons (Fsp3) is 0.368. The lowest BCUT2D eigenvalue weighted by Crippen LogP contribution is -2.41. The van der Waals surface area contributed by atoms with Crippen LogP contribution in [-0.2, 0) is 10.9 Å². The normalized spacial score (nSPS) is 15.2. The number of anilines is 2. The first-order valence-electron chi connectivity index (χ1n) is 8.89. The van der Waals surface area contributed by atoms with E-state index in [1.807, 2.05) is 0 Å². The van der Waals surface area contributed by atoms with Crippen molar-refractivity contribution in [3.63, 3.8) is 0 Å². The van der Waals surface area contributed by atoms with Crippen molar-refractivity contribution in [1.29, 1.82) is 0 Å². The Morgan fingerprint density at radius 1 is 1.11 bits per heavy atom. The van der Waals surface area contributed by atoms with Crippen molar-refractivity contribution in [2.45, 2.75) is 6.18 Å². The number of carbonyl (C=O) groups is 1. The molecule has 0 atom stereocenters. The minimum atomic E-state index is -4.38. The molecule has 0 radical (unpaired) electrons. The van der Waals surface area contributed by atoms with Crippen molar-refractivity contribution in [3.05, 3.63) is 53.9 Å². The van der Waals surface area contributed by atoms with Crippen molar-refractivity contribution in [3.8, 4) is 0 Å². The maximum atomic E-state index is 12.6. The number of halogens is 3. The standard InChI is InChI=1S/C19H21F3N4O2/c20-19(21,22)15-1-3-16(4-2-15)25-17-11-14(12-23-13-17)18(27)24-5-6-26-7-9-28-10-8-26/h1-4,11-13,25H,5-10H2,(H,24,27). The molecule has 1 aliphatic rings. The molecule has 150 valence electrons. The molecule has 2 heterocycles. The lowest BCUT2D eigenvalue weighted by Gasteiger charge is -2.26. The molecular weight excluding hydrogens is 373 g/mol. The minimum absolute atomic E-state index is 0.253. The van der Waals surface area contributed by atoms with E-state index in [4.69, 9.17) is 4.74 Å². The van der Waals surface area contributed by atoms with Gasteiger partial charge in [0, 0.05) is 38.1 Å². The van der Waals surface area contributed by atoms with Crippen LogP contribution in [0.15, 0.2) is 42.7 Å². The van der Waals surface area contributed by atoms with Gasteiger partial charge in [0.05, 0.1) is 36.2 Å². The molecule has 0 aliphatic carbocycles. The molecule has 2 N–H and O–H groups in total. The molecule has 1 fully saturated rings. The van der Waals surface area contributed by atoms with Crippen LogP contribution in [0.4, 0.5) is 24.5 Å². The van der Waals surface area contributed by atoms with Crippen molar-refractivity contribution < 1.29 is 22.7 Å². The Balaban J connectivity index is 1.54. The molecule has 28 heavy (non-hydrogen) atoms. The van der Waals surface area contributed by atoms with Gasteiger partial charge < -0.3 is 15.4 Å². The van der Waals surface area contributed by atoms with Gasteiger partial charge in [0.1, 0.15) is 0 Å². The average Bonchev–Trinajstić information content (AvgIpc) is 2.69. The summed E-state index contributed by atoms with van der Waals surface area (Å²) in [7, 11) is 0. The zero-order chi connectivity index (χ0) is 20.0. The van der Waals surface area contributed by atoms with E-state index >= 15 is 0 Å². The van der Waals surface area contributed by atoms with Gasteiger partial charge in [-0.2, -0.15) is 13.2 Å². The highest BCUT2D eigenvalue weighted by Gasteiger charge is 2.29. The number of ether oxygens (including phenoxy) is 1. The SMILES string of the molecule is O=C(NCCN1CCOCC1)c1cncc(Nc2ccc(C(F)(F)F)cc2)c1. The second-order valence-electron chi connectivity index (χ2n) is 6.37. The van der Waals surface area contributed by atoms with Crippen LogP contribution >= 0.6 is 0 Å². The Morgan fingerprint density at radius 3 is 2.50 bits per heavy atom. The van der Waals surface area contributed by atoms with Crippen molar-refractivity contribution in [1.82, 2.24) is 15.2 Å². The van der Waals surface area contributed by atoms with E-state index in [-0.39, 0.29) is 5.91 Å². The molecule has 6 nitrogen and oxygen atoms in total. The third-order valence-electron chi connectivity index (χ3n) is 4.32. The molecule has 3 rings (SSSR count). The van der Waals surface area contributed by atoms with E-state index in [2.05, 4.69) is 20.5 Å². The highest BCUT2D eigenvalue weighted by atomic mass is 19.4. The fourth-order valence-corrected chi connectivity index (χ4v) is 2.80. The molecular formula is C19H21F3N4O2. The number of morpholine rings is 1. The summed E-state index contributed by atoms with van der Waals surface area (Å²) in [6, 6.07) is 6.26. The van der Waals surface area contributed by atoms with Crippen LogP contribution in [-0.4, -0.2) is 55.2 Å². The third-order valence-corrected chi connectivity index (χ3v) is 4.32. The third kappa shape index (κ3) is 5.67. The molecule has 0 unspecified atom stereocenters. The van der Waals surface area contributed by atoms with Crippen molar-refractivity contribution in [2.75, 3.05) is 44.7 Å². The van der Waals surface area contributed by atoms with Gasteiger partial charge in [-0.3, -0.25) is 14.7 Å². The van der Waals surface area contributed by atoms with Gasteiger partial charge in [-0.15, -0.1) is 0 Å². The van der Waals surface area contributed by atoms with Crippen LogP contribution in [0, 0.1) is 0 Å². The number of carbonyl (C=O) groups excluding carboxylic acids is 1. The van der Waals surface area contributed by atoms with Gasteiger partial charge in [0.15, 0.2) is 0 Å². The summed E-state index contributed by atoms with van der Waals surface area (Å²) in [5.41, 5.74) is 0.642. The molecule has 1 aliphatic heterocycles. The minimum Gasteiger partial charge on any atom is -0.379 e. The van der Waals surface area contributed by atoms with Crippen LogP contribution in [0.5, 0.6) is 0 Å². The topological polar surface area (TPSA) is 66.5 Å². The molecule has 0 saturated carbocycles. The van der Waals surface area contributed by atoms with Gasteiger partial charge in [-0.05, 0) is 30.3 Å². The second kappa shape index (κ2) is 9.03. The van der Waals surface area contributed by atoms with E-state index < -0.39 is 11.7 Å². The van der Waals surface area contributed by atoms with Crippen LogP contribution < -0.4 is 10.6 Å². The molecule has 2 aromatic rings. The first-order valence-corrected chi connectivity index (χ1v) is 8.89. The van der Waals surface area contributed by atoms with Crippen molar-refractivity contribution >= 4 is 17.3 Å². The number of aromatic nitrogens is 1. The van der Waals surface area contributed by atoms with Crippen molar-refractivity contribution in [2.24, 2.45) is 0 Å². The van der Waals surface area contributed by atoms with E-state index in [0.717, 1.165) is 31.8 Å². The summed E-state index contributed by atoms with van der Waals surface area (Å²) in [5.74, 6) is -0.253. The quantitative estimate of drug-likeness (QED) is 0.789. The van der Waals surface area contributed by atoms with Gasteiger partial charge in [-0.1, -0.05) is 0 Å². The van der Waals surface area contributed by atoms with Gasteiger partial charge >= 0.3 is 6.18 Å². The Morgan fingerprint density at radius 2 is 1.82 bits per heavy atom. The Hall–Kier alpha value is -2.65. The van der Waals surface area contributed by atoms with Crippen LogP contribution in [0.3, 0.4) is 0 Å². The van der Waals surface area contributed by atoms with E-state index in [1.54, 1.807) is 6.07 Å². The zero-order valence-corrected chi connectivity index (χ0v) is 15.1. The van der Waals surface area contributed by atoms with Crippen LogP contribution in [0.1, 0.15) is 15.9 Å². The van der Waals surface area contributed by atoms with E-state index in [9.17, 15) is 18.0 Å². The predicted octanol–water partition coefficient (Wildman–Crippen LogP) is 2.91. The largest absolute Gasteiger partial charge is 0.416 e. The number of hydrogen-bond donors (Lipinski definition) is 2. The highest BCUT2D eigenvalue weighted by molar-refractivity contribution is 5.94. The number of nitrogens with one attached hydrogen (secondary N) is 2. The van der Waals surface area contributed by atoms with Crippen LogP contribution in [0.25, 0.3) is 0 Å². The number of alkyl halides is 3. The maximum absolute atomic E-state index is 12.6. The molecule has 1 aromatic carbocycles. The lowest BCUT2D eigenvalue weighted by atomic mass is 10.2. The molecule has 0 bridgehead atoms. The van der Waals surface area contributed by atoms with Crippen LogP contribution in [0.2, 0.25) is 0 Å². The Labute approximate surface area is 160 Å². The molecule has 1 saturated heterocycles. The number of rotatable bonds is 6. The predicted molar refractivity (Wildman–Crippen MR) is 98.6 cm³/mol. The number of hydrogen-bond acceptors (Lipinski definition) is 5.